The van der Waals surface area contributed by atoms with E-state index in [-0.39, 0.29) is 0 Å². The summed E-state index contributed by atoms with van der Waals surface area (Å²) in [5.74, 6) is 0. The number of carbonyl (C=O) groups is 1. The monoisotopic (exact) mass is 179 g/mol. The Morgan fingerprint density at radius 3 is 1.69 bits per heavy atom. The lowest BCUT2D eigenvalue weighted by molar-refractivity contribution is -0.107. The third-order valence-corrected chi connectivity index (χ3v) is 1.09. The molecule has 2 heteroatoms. The summed E-state index contributed by atoms with van der Waals surface area (Å²) in [5.41, 5.74) is 0. The molecule has 0 unspecified atom stereocenters. The molecule has 0 aromatic carbocycles. The lowest BCUT2D eigenvalue weighted by atomic mass is 10.5. The highest BCUT2D eigenvalue weighted by molar-refractivity contribution is 5.48. The van der Waals surface area contributed by atoms with Gasteiger partial charge in [-0.1, -0.05) is 32.3 Å². The quantitative estimate of drug-likeness (QED) is 0.620. The number of carbonyl (C=O) groups excluding carboxylic acids is 1. The van der Waals surface area contributed by atoms with Gasteiger partial charge in [-0.25, -0.2) is 0 Å². The second-order valence-electron chi connectivity index (χ2n) is 2.66. The van der Waals surface area contributed by atoms with Gasteiger partial charge in [0.05, 0.1) is 0 Å². The van der Waals surface area contributed by atoms with Crippen molar-refractivity contribution < 1.29 is 4.79 Å². The van der Waals surface area contributed by atoms with E-state index in [1.807, 2.05) is 25.1 Å². The van der Waals surface area contributed by atoms with Gasteiger partial charge in [0, 0.05) is 18.8 Å². The second-order valence-corrected chi connectivity index (χ2v) is 2.66. The predicted octanol–water partition coefficient (Wildman–Crippen LogP) is 2.85. The number of hydrogen-bond donors (Lipinski definition) is 0. The first-order valence-electron chi connectivity index (χ1n) is 4.70. The predicted molar refractivity (Wildman–Crippen MR) is 54.4 cm³/mol. The molecule has 0 aliphatic heterocycles. The first-order chi connectivity index (χ1) is 6.41. The van der Waals surface area contributed by atoms with E-state index in [9.17, 15) is 4.79 Å². The van der Waals surface area contributed by atoms with Crippen LogP contribution < -0.4 is 0 Å². The molecule has 0 radical (unpaired) electrons. The van der Waals surface area contributed by atoms with Crippen LogP contribution in [0.2, 0.25) is 0 Å². The Morgan fingerprint density at radius 2 is 1.62 bits per heavy atom. The molecule has 0 spiro atoms. The van der Waals surface area contributed by atoms with Crippen LogP contribution in [-0.4, -0.2) is 11.3 Å². The van der Waals surface area contributed by atoms with Crippen LogP contribution in [0.5, 0.6) is 0 Å². The lowest BCUT2D eigenvalue weighted by Crippen LogP contribution is -1.58. The topological polar surface area (TPSA) is 30.0 Å². The normalized spacial score (nSPS) is 11.2. The van der Waals surface area contributed by atoms with E-state index in [1.165, 1.54) is 19.3 Å². The van der Waals surface area contributed by atoms with Crippen molar-refractivity contribution in [3.8, 4) is 0 Å². The van der Waals surface area contributed by atoms with Crippen molar-refractivity contribution in [2.24, 2.45) is 0 Å². The van der Waals surface area contributed by atoms with Crippen molar-refractivity contribution in [3.63, 3.8) is 0 Å². The molecule has 1 saturated carbocycles. The fourth-order valence-corrected chi connectivity index (χ4v) is 0.313. The molecule has 1 aromatic rings. The minimum Gasteiger partial charge on any atom is -0.303 e. The van der Waals surface area contributed by atoms with E-state index >= 15 is 0 Å². The summed E-state index contributed by atoms with van der Waals surface area (Å²) < 4.78 is 0. The van der Waals surface area contributed by atoms with Gasteiger partial charge in [0.1, 0.15) is 6.29 Å². The average Bonchev–Trinajstić information content (AvgIpc) is 3.08. The summed E-state index contributed by atoms with van der Waals surface area (Å²) >= 11 is 0. The maximum absolute atomic E-state index is 9.17. The zero-order valence-corrected chi connectivity index (χ0v) is 8.15. The fourth-order valence-electron chi connectivity index (χ4n) is 0.313. The van der Waals surface area contributed by atoms with Crippen LogP contribution in [0, 0.1) is 0 Å². The van der Waals surface area contributed by atoms with Crippen LogP contribution in [0.3, 0.4) is 0 Å². The molecule has 13 heavy (non-hydrogen) atoms. The molecule has 1 aliphatic rings. The van der Waals surface area contributed by atoms with Gasteiger partial charge in [-0.2, -0.15) is 0 Å². The molecule has 0 N–H and O–H groups in total. The summed E-state index contributed by atoms with van der Waals surface area (Å²) in [7, 11) is 0. The number of hydrogen-bond acceptors (Lipinski definition) is 2. The summed E-state index contributed by atoms with van der Waals surface area (Å²) in [6, 6.07) is 5.72. The number of pyridine rings is 1. The van der Waals surface area contributed by atoms with E-state index in [0.717, 1.165) is 6.29 Å². The van der Waals surface area contributed by atoms with Crippen molar-refractivity contribution >= 4 is 6.29 Å². The molecule has 0 amide bonds. The molecule has 0 saturated heterocycles. The molecule has 2 nitrogen and oxygen atoms in total. The van der Waals surface area contributed by atoms with Gasteiger partial charge in [0.15, 0.2) is 0 Å². The van der Waals surface area contributed by atoms with E-state index in [2.05, 4.69) is 4.98 Å². The Balaban J connectivity index is 0.000000179. The van der Waals surface area contributed by atoms with Crippen molar-refractivity contribution in [2.45, 2.75) is 32.6 Å². The molecule has 72 valence electrons. The summed E-state index contributed by atoms with van der Waals surface area (Å²) in [6.45, 7) is 1.81. The van der Waals surface area contributed by atoms with Crippen LogP contribution in [0.1, 0.15) is 32.6 Å². The first-order valence-corrected chi connectivity index (χ1v) is 4.70. The Kier molecular flexibility index (Phi) is 9.84. The zero-order valence-electron chi connectivity index (χ0n) is 8.15. The standard InChI is InChI=1S/C5H5N.C3H6O.C3H6/c1-2-4-6-5-3-1;1-2-3-4;1-2-3-1/h1-5H;3H,2H2,1H3;1-3H2. The number of nitrogens with zero attached hydrogens (tertiary/aromatic N) is 1. The summed E-state index contributed by atoms with van der Waals surface area (Å²) in [4.78, 5) is 13.0. The minimum atomic E-state index is 0.639. The SMILES string of the molecule is C1CC1.CCC=O.c1ccncc1. The van der Waals surface area contributed by atoms with E-state index in [4.69, 9.17) is 0 Å². The van der Waals surface area contributed by atoms with E-state index in [1.54, 1.807) is 12.4 Å². The fraction of sp³-hybridized carbons (Fsp3) is 0.455. The highest BCUT2D eigenvalue weighted by Crippen LogP contribution is 2.14. The third kappa shape index (κ3) is 18.1. The van der Waals surface area contributed by atoms with E-state index in [0.29, 0.717) is 6.42 Å². The second kappa shape index (κ2) is 10.8. The molecular weight excluding hydrogens is 162 g/mol. The third-order valence-electron chi connectivity index (χ3n) is 1.09. The van der Waals surface area contributed by atoms with Crippen LogP contribution in [0.4, 0.5) is 0 Å². The smallest absolute Gasteiger partial charge is 0.119 e. The average molecular weight is 179 g/mol. The highest BCUT2D eigenvalue weighted by Gasteiger charge is 1.95. The molecule has 0 atom stereocenters. The van der Waals surface area contributed by atoms with Crippen LogP contribution in [0.15, 0.2) is 30.6 Å². The zero-order chi connectivity index (χ0) is 9.78. The van der Waals surface area contributed by atoms with Crippen molar-refractivity contribution in [1.82, 2.24) is 4.98 Å². The maximum atomic E-state index is 9.17. The van der Waals surface area contributed by atoms with Crippen LogP contribution >= 0.6 is 0 Å². The molecule has 2 rings (SSSR count). The maximum Gasteiger partial charge on any atom is 0.119 e. The largest absolute Gasteiger partial charge is 0.303 e. The van der Waals surface area contributed by atoms with Crippen LogP contribution in [0.25, 0.3) is 0 Å². The Hall–Kier alpha value is -1.18. The molecule has 1 heterocycles. The van der Waals surface area contributed by atoms with Gasteiger partial charge >= 0.3 is 0 Å². The van der Waals surface area contributed by atoms with Gasteiger partial charge < -0.3 is 4.79 Å². The molecular formula is C11H17NO. The molecule has 0 bridgehead atoms. The Bertz CT molecular complexity index is 155. The minimum absolute atomic E-state index is 0.639. The number of aromatic nitrogens is 1. The van der Waals surface area contributed by atoms with Crippen molar-refractivity contribution in [3.05, 3.63) is 30.6 Å². The van der Waals surface area contributed by atoms with Gasteiger partial charge in [-0.15, -0.1) is 0 Å². The summed E-state index contributed by atoms with van der Waals surface area (Å²) in [6.07, 6.45) is 9.51. The lowest BCUT2D eigenvalue weighted by Gasteiger charge is -1.70. The van der Waals surface area contributed by atoms with Gasteiger partial charge in [0.2, 0.25) is 0 Å². The van der Waals surface area contributed by atoms with E-state index < -0.39 is 0 Å². The summed E-state index contributed by atoms with van der Waals surface area (Å²) in [5, 5.41) is 0. The van der Waals surface area contributed by atoms with Gasteiger partial charge in [-0.05, 0) is 12.1 Å². The van der Waals surface area contributed by atoms with Crippen molar-refractivity contribution in [2.75, 3.05) is 0 Å². The number of aldehydes is 1. The molecule has 1 aliphatic carbocycles. The van der Waals surface area contributed by atoms with Crippen molar-refractivity contribution in [1.29, 1.82) is 0 Å². The molecule has 1 fully saturated rings. The van der Waals surface area contributed by atoms with Crippen LogP contribution in [-0.2, 0) is 4.79 Å². The number of rotatable bonds is 1. The Morgan fingerprint density at radius 1 is 1.15 bits per heavy atom. The Labute approximate surface area is 80.0 Å². The first kappa shape index (κ1) is 11.8. The molecule has 1 aromatic heterocycles. The van der Waals surface area contributed by atoms with Gasteiger partial charge in [-0.3, -0.25) is 4.98 Å². The highest BCUT2D eigenvalue weighted by atomic mass is 16.1. The van der Waals surface area contributed by atoms with Gasteiger partial charge in [0.25, 0.3) is 0 Å².